The molecule has 0 bridgehead atoms. The lowest BCUT2D eigenvalue weighted by Crippen LogP contribution is -2.29. The molecule has 0 unspecified atom stereocenters. The summed E-state index contributed by atoms with van der Waals surface area (Å²) in [6, 6.07) is 7.60. The summed E-state index contributed by atoms with van der Waals surface area (Å²) in [6.45, 7) is 0.799. The number of anilines is 2. The Balaban J connectivity index is 1.77. The molecule has 3 N–H and O–H groups in total. The maximum Gasteiger partial charge on any atom is 0.254 e. The van der Waals surface area contributed by atoms with E-state index in [1.165, 1.54) is 26.1 Å². The van der Waals surface area contributed by atoms with Crippen molar-refractivity contribution in [3.63, 3.8) is 0 Å². The molecule has 8 nitrogen and oxygen atoms in total. The van der Waals surface area contributed by atoms with Crippen molar-refractivity contribution >= 4 is 23.3 Å². The predicted molar refractivity (Wildman–Crippen MR) is 106 cm³/mol. The fourth-order valence-electron chi connectivity index (χ4n) is 2.80. The average Bonchev–Trinajstić information content (AvgIpc) is 3.50. The summed E-state index contributed by atoms with van der Waals surface area (Å²) in [7, 11) is 3.20. The zero-order chi connectivity index (χ0) is 20.1. The van der Waals surface area contributed by atoms with Crippen molar-refractivity contribution in [2.24, 2.45) is 11.7 Å². The first-order valence-electron chi connectivity index (χ1n) is 9.22. The minimum Gasteiger partial charge on any atom is -0.375 e. The van der Waals surface area contributed by atoms with Gasteiger partial charge in [-0.1, -0.05) is 12.1 Å². The van der Waals surface area contributed by atoms with Crippen LogP contribution in [0.25, 0.3) is 0 Å². The summed E-state index contributed by atoms with van der Waals surface area (Å²) in [5.41, 5.74) is 7.45. The smallest absolute Gasteiger partial charge is 0.254 e. The maximum absolute atomic E-state index is 12.0. The highest BCUT2D eigenvalue weighted by Crippen LogP contribution is 2.29. The minimum atomic E-state index is -0.551. The van der Waals surface area contributed by atoms with Gasteiger partial charge in [-0.3, -0.25) is 9.59 Å². The van der Waals surface area contributed by atoms with Gasteiger partial charge < -0.3 is 20.7 Å². The zero-order valence-corrected chi connectivity index (χ0v) is 16.1. The van der Waals surface area contributed by atoms with Gasteiger partial charge >= 0.3 is 0 Å². The van der Waals surface area contributed by atoms with E-state index in [9.17, 15) is 9.59 Å². The summed E-state index contributed by atoms with van der Waals surface area (Å²) >= 11 is 0. The van der Waals surface area contributed by atoms with Gasteiger partial charge in [-0.05, 0) is 36.5 Å². The highest BCUT2D eigenvalue weighted by molar-refractivity contribution is 5.97. The van der Waals surface area contributed by atoms with E-state index in [4.69, 9.17) is 10.5 Å². The van der Waals surface area contributed by atoms with Crippen LogP contribution in [-0.4, -0.2) is 49.1 Å². The second-order valence-corrected chi connectivity index (χ2v) is 6.97. The van der Waals surface area contributed by atoms with E-state index in [0.29, 0.717) is 29.5 Å². The standard InChI is InChI=1S/C20H25N5O3/c1-25(18(26)12-28-2)15-5-3-4-14(8-15)9-17-22-11-16(19(21)27)20(24-17)23-10-13-6-7-13/h3-5,8,11,13H,6-7,9-10,12H2,1-2H3,(H2,21,27)(H,22,23,24). The van der Waals surface area contributed by atoms with Crippen LogP contribution < -0.4 is 16.0 Å². The predicted octanol–water partition coefficient (Wildman–Crippen LogP) is 1.60. The number of ether oxygens (including phenoxy) is 1. The first-order chi connectivity index (χ1) is 13.5. The molecule has 1 heterocycles. The molecule has 1 aliphatic rings. The van der Waals surface area contributed by atoms with Crippen molar-refractivity contribution in [2.45, 2.75) is 19.3 Å². The number of amides is 2. The van der Waals surface area contributed by atoms with E-state index < -0.39 is 5.91 Å². The van der Waals surface area contributed by atoms with Crippen molar-refractivity contribution < 1.29 is 14.3 Å². The van der Waals surface area contributed by atoms with E-state index in [2.05, 4.69) is 15.3 Å². The molecule has 1 aromatic heterocycles. The molecule has 8 heteroatoms. The fraction of sp³-hybridized carbons (Fsp3) is 0.400. The number of methoxy groups -OCH3 is 1. The van der Waals surface area contributed by atoms with Crippen LogP contribution in [0.1, 0.15) is 34.6 Å². The Morgan fingerprint density at radius 3 is 2.82 bits per heavy atom. The molecule has 2 amide bonds. The molecule has 1 fully saturated rings. The number of nitrogens with two attached hydrogens (primary N) is 1. The maximum atomic E-state index is 12.0. The molecular weight excluding hydrogens is 358 g/mol. The topological polar surface area (TPSA) is 110 Å². The van der Waals surface area contributed by atoms with Crippen molar-refractivity contribution in [1.82, 2.24) is 9.97 Å². The van der Waals surface area contributed by atoms with Crippen LogP contribution in [0.5, 0.6) is 0 Å². The van der Waals surface area contributed by atoms with Gasteiger partial charge in [0.2, 0.25) is 0 Å². The number of nitrogens with one attached hydrogen (secondary N) is 1. The Bertz CT molecular complexity index is 867. The normalized spacial score (nSPS) is 13.2. The van der Waals surface area contributed by atoms with Gasteiger partial charge in [-0.25, -0.2) is 9.97 Å². The van der Waals surface area contributed by atoms with Crippen molar-refractivity contribution in [2.75, 3.05) is 37.5 Å². The monoisotopic (exact) mass is 383 g/mol. The number of nitrogens with zero attached hydrogens (tertiary/aromatic N) is 3. The molecule has 28 heavy (non-hydrogen) atoms. The molecule has 0 saturated heterocycles. The lowest BCUT2D eigenvalue weighted by atomic mass is 10.1. The summed E-state index contributed by atoms with van der Waals surface area (Å²) in [6.07, 6.45) is 4.33. The van der Waals surface area contributed by atoms with Crippen LogP contribution in [0.3, 0.4) is 0 Å². The molecule has 1 aliphatic carbocycles. The van der Waals surface area contributed by atoms with Gasteiger partial charge in [0.1, 0.15) is 18.2 Å². The van der Waals surface area contributed by atoms with Gasteiger partial charge in [0.05, 0.1) is 5.56 Å². The lowest BCUT2D eigenvalue weighted by molar-refractivity contribution is -0.121. The number of hydrogen-bond acceptors (Lipinski definition) is 6. The van der Waals surface area contributed by atoms with E-state index >= 15 is 0 Å². The summed E-state index contributed by atoms with van der Waals surface area (Å²) in [4.78, 5) is 34.0. The number of likely N-dealkylation sites (N-methyl/N-ethyl adjacent to an activating group) is 1. The van der Waals surface area contributed by atoms with Crippen LogP contribution >= 0.6 is 0 Å². The molecule has 2 aromatic rings. The number of hydrogen-bond donors (Lipinski definition) is 2. The number of aromatic nitrogens is 2. The van der Waals surface area contributed by atoms with E-state index in [1.54, 1.807) is 11.9 Å². The lowest BCUT2D eigenvalue weighted by Gasteiger charge is -2.17. The van der Waals surface area contributed by atoms with Crippen LogP contribution in [0.15, 0.2) is 30.5 Å². The number of rotatable bonds is 9. The molecule has 3 rings (SSSR count). The SMILES string of the molecule is COCC(=O)N(C)c1cccc(Cc2ncc(C(N)=O)c(NCC3CC3)n2)c1. The molecule has 0 atom stereocenters. The first kappa shape index (κ1) is 19.8. The quantitative estimate of drug-likeness (QED) is 0.680. The van der Waals surface area contributed by atoms with Crippen molar-refractivity contribution in [3.05, 3.63) is 47.4 Å². The van der Waals surface area contributed by atoms with E-state index in [-0.39, 0.29) is 12.5 Å². The number of carbonyl (C=O) groups is 2. The number of carbonyl (C=O) groups excluding carboxylic acids is 2. The highest BCUT2D eigenvalue weighted by atomic mass is 16.5. The molecule has 1 saturated carbocycles. The second kappa shape index (κ2) is 8.79. The van der Waals surface area contributed by atoms with Crippen LogP contribution in [0.2, 0.25) is 0 Å². The largest absolute Gasteiger partial charge is 0.375 e. The molecule has 1 aromatic carbocycles. The fourth-order valence-corrected chi connectivity index (χ4v) is 2.80. The number of primary amides is 1. The first-order valence-corrected chi connectivity index (χ1v) is 9.22. The van der Waals surface area contributed by atoms with Gasteiger partial charge in [0.25, 0.3) is 11.8 Å². The molecular formula is C20H25N5O3. The second-order valence-electron chi connectivity index (χ2n) is 6.97. The summed E-state index contributed by atoms with van der Waals surface area (Å²) in [5, 5.41) is 3.22. The summed E-state index contributed by atoms with van der Waals surface area (Å²) < 4.78 is 4.90. The van der Waals surface area contributed by atoms with Gasteiger partial charge in [-0.15, -0.1) is 0 Å². The molecule has 0 spiro atoms. The Morgan fingerprint density at radius 1 is 1.36 bits per heavy atom. The third-order valence-electron chi connectivity index (χ3n) is 4.66. The Hall–Kier alpha value is -3.00. The molecule has 148 valence electrons. The van der Waals surface area contributed by atoms with Gasteiger partial charge in [0.15, 0.2) is 0 Å². The van der Waals surface area contributed by atoms with Crippen LogP contribution in [0, 0.1) is 5.92 Å². The van der Waals surface area contributed by atoms with E-state index in [0.717, 1.165) is 17.8 Å². The minimum absolute atomic E-state index is 0.0223. The van der Waals surface area contributed by atoms with Crippen molar-refractivity contribution in [1.29, 1.82) is 0 Å². The van der Waals surface area contributed by atoms with Crippen LogP contribution in [-0.2, 0) is 16.0 Å². The number of benzene rings is 1. The van der Waals surface area contributed by atoms with E-state index in [1.807, 2.05) is 24.3 Å². The Labute approximate surface area is 164 Å². The molecule has 0 radical (unpaired) electrons. The highest BCUT2D eigenvalue weighted by Gasteiger charge is 2.22. The Morgan fingerprint density at radius 2 is 2.14 bits per heavy atom. The van der Waals surface area contributed by atoms with Gasteiger partial charge in [0, 0.05) is 39.0 Å². The van der Waals surface area contributed by atoms with Crippen LogP contribution in [0.4, 0.5) is 11.5 Å². The van der Waals surface area contributed by atoms with Gasteiger partial charge in [-0.2, -0.15) is 0 Å². The van der Waals surface area contributed by atoms with Crippen molar-refractivity contribution in [3.8, 4) is 0 Å². The third kappa shape index (κ3) is 5.04. The Kier molecular flexibility index (Phi) is 6.20. The summed E-state index contributed by atoms with van der Waals surface area (Å²) in [5.74, 6) is 1.01. The average molecular weight is 383 g/mol. The third-order valence-corrected chi connectivity index (χ3v) is 4.66. The molecule has 0 aliphatic heterocycles. The zero-order valence-electron chi connectivity index (χ0n) is 16.1.